The van der Waals surface area contributed by atoms with Crippen LogP contribution in [0.1, 0.15) is 19.5 Å². The van der Waals surface area contributed by atoms with Crippen molar-refractivity contribution in [1.29, 1.82) is 0 Å². The van der Waals surface area contributed by atoms with Crippen molar-refractivity contribution < 1.29 is 9.84 Å². The largest absolute Gasteiger partial charge is 0.506 e. The van der Waals surface area contributed by atoms with E-state index < -0.39 is 0 Å². The van der Waals surface area contributed by atoms with Gasteiger partial charge in [-0.25, -0.2) is 0 Å². The number of aromatic nitrogens is 1. The third-order valence-corrected chi connectivity index (χ3v) is 2.69. The zero-order valence-corrected chi connectivity index (χ0v) is 9.76. The first-order valence-electron chi connectivity index (χ1n) is 5.65. The Bertz CT molecular complexity index is 329. The molecular weight excluding hydrogens is 204 g/mol. The number of nitrogens with zero attached hydrogens (tertiary/aromatic N) is 2. The molecule has 16 heavy (non-hydrogen) atoms. The van der Waals surface area contributed by atoms with Gasteiger partial charge in [-0.2, -0.15) is 0 Å². The third kappa shape index (κ3) is 2.93. The van der Waals surface area contributed by atoms with Crippen molar-refractivity contribution in [1.82, 2.24) is 9.88 Å². The Balaban J connectivity index is 1.96. The summed E-state index contributed by atoms with van der Waals surface area (Å²) in [4.78, 5) is 6.52. The molecule has 0 bridgehead atoms. The molecule has 2 heterocycles. The Hall–Kier alpha value is -1.13. The van der Waals surface area contributed by atoms with Gasteiger partial charge in [-0.1, -0.05) is 0 Å². The molecule has 0 amide bonds. The quantitative estimate of drug-likeness (QED) is 0.821. The summed E-state index contributed by atoms with van der Waals surface area (Å²) < 4.78 is 5.67. The van der Waals surface area contributed by atoms with Gasteiger partial charge < -0.3 is 9.84 Å². The lowest BCUT2D eigenvalue weighted by atomic mass is 10.2. The molecule has 1 N–H and O–H groups in total. The highest BCUT2D eigenvalue weighted by Gasteiger charge is 2.22. The minimum Gasteiger partial charge on any atom is -0.506 e. The van der Waals surface area contributed by atoms with Crippen molar-refractivity contribution in [3.63, 3.8) is 0 Å². The van der Waals surface area contributed by atoms with Crippen LogP contribution in [-0.4, -0.2) is 40.3 Å². The van der Waals surface area contributed by atoms with Crippen molar-refractivity contribution in [2.75, 3.05) is 13.1 Å². The lowest BCUT2D eigenvalue weighted by Crippen LogP contribution is -2.44. The maximum Gasteiger partial charge on any atom is 0.133 e. The first kappa shape index (κ1) is 11.4. The van der Waals surface area contributed by atoms with Gasteiger partial charge in [0.2, 0.25) is 0 Å². The molecule has 1 aliphatic rings. The van der Waals surface area contributed by atoms with Crippen LogP contribution in [0.15, 0.2) is 18.3 Å². The number of morpholine rings is 1. The highest BCUT2D eigenvalue weighted by molar-refractivity contribution is 5.17. The predicted molar refractivity (Wildman–Crippen MR) is 61.2 cm³/mol. The van der Waals surface area contributed by atoms with Crippen LogP contribution in [0.4, 0.5) is 0 Å². The minimum absolute atomic E-state index is 0.215. The summed E-state index contributed by atoms with van der Waals surface area (Å²) >= 11 is 0. The monoisotopic (exact) mass is 222 g/mol. The maximum atomic E-state index is 9.15. The Morgan fingerprint density at radius 2 is 2.06 bits per heavy atom. The number of hydrogen-bond donors (Lipinski definition) is 1. The second kappa shape index (κ2) is 4.80. The van der Waals surface area contributed by atoms with Crippen LogP contribution in [-0.2, 0) is 11.3 Å². The van der Waals surface area contributed by atoms with E-state index in [2.05, 4.69) is 23.7 Å². The standard InChI is InChI=1S/C12H18N2O2/c1-9-6-14(7-10(2)16-9)8-11-3-4-12(15)5-13-11/h3-5,9-10,15H,6-8H2,1-2H3. The lowest BCUT2D eigenvalue weighted by Gasteiger charge is -2.35. The van der Waals surface area contributed by atoms with Crippen LogP contribution >= 0.6 is 0 Å². The molecule has 4 nitrogen and oxygen atoms in total. The second-order valence-electron chi connectivity index (χ2n) is 4.46. The molecule has 4 heteroatoms. The topological polar surface area (TPSA) is 45.6 Å². The molecule has 1 aromatic rings. The fraction of sp³-hybridized carbons (Fsp3) is 0.583. The van der Waals surface area contributed by atoms with Crippen LogP contribution in [0, 0.1) is 0 Å². The average molecular weight is 222 g/mol. The van der Waals surface area contributed by atoms with Crippen molar-refractivity contribution >= 4 is 0 Å². The van der Waals surface area contributed by atoms with Crippen LogP contribution in [0.3, 0.4) is 0 Å². The first-order chi connectivity index (χ1) is 7.63. The van der Waals surface area contributed by atoms with Gasteiger partial charge in [0.25, 0.3) is 0 Å². The summed E-state index contributed by atoms with van der Waals surface area (Å²) in [5.74, 6) is 0.215. The molecule has 0 radical (unpaired) electrons. The van der Waals surface area contributed by atoms with Gasteiger partial charge in [0, 0.05) is 19.6 Å². The molecule has 0 saturated carbocycles. The molecule has 1 saturated heterocycles. The van der Waals surface area contributed by atoms with E-state index in [0.29, 0.717) is 0 Å². The minimum atomic E-state index is 0.215. The van der Waals surface area contributed by atoms with E-state index in [9.17, 15) is 0 Å². The lowest BCUT2D eigenvalue weighted by molar-refractivity contribution is -0.0707. The van der Waals surface area contributed by atoms with Gasteiger partial charge in [0.05, 0.1) is 24.1 Å². The van der Waals surface area contributed by atoms with E-state index >= 15 is 0 Å². The number of aromatic hydroxyl groups is 1. The summed E-state index contributed by atoms with van der Waals surface area (Å²) in [7, 11) is 0. The number of ether oxygens (including phenoxy) is 1. The number of pyridine rings is 1. The summed E-state index contributed by atoms with van der Waals surface area (Å²) in [5, 5.41) is 9.15. The molecule has 2 atom stereocenters. The summed E-state index contributed by atoms with van der Waals surface area (Å²) in [6.45, 7) is 6.87. The molecule has 1 aliphatic heterocycles. The molecule has 2 unspecified atom stereocenters. The summed E-state index contributed by atoms with van der Waals surface area (Å²) in [6, 6.07) is 3.54. The van der Waals surface area contributed by atoms with Gasteiger partial charge in [0.15, 0.2) is 0 Å². The van der Waals surface area contributed by atoms with E-state index in [0.717, 1.165) is 25.3 Å². The summed E-state index contributed by atoms with van der Waals surface area (Å²) in [5.41, 5.74) is 0.985. The van der Waals surface area contributed by atoms with Crippen molar-refractivity contribution in [3.05, 3.63) is 24.0 Å². The molecule has 0 aromatic carbocycles. The normalized spacial score (nSPS) is 26.9. The van der Waals surface area contributed by atoms with Gasteiger partial charge >= 0.3 is 0 Å². The first-order valence-corrected chi connectivity index (χ1v) is 5.65. The molecule has 88 valence electrons. The summed E-state index contributed by atoms with van der Waals surface area (Å²) in [6.07, 6.45) is 2.05. The highest BCUT2D eigenvalue weighted by atomic mass is 16.5. The van der Waals surface area contributed by atoms with Gasteiger partial charge in [-0.05, 0) is 26.0 Å². The van der Waals surface area contributed by atoms with Crippen molar-refractivity contribution in [3.8, 4) is 5.75 Å². The fourth-order valence-electron chi connectivity index (χ4n) is 2.15. The second-order valence-corrected chi connectivity index (χ2v) is 4.46. The van der Waals surface area contributed by atoms with E-state index in [1.807, 2.05) is 6.07 Å². The van der Waals surface area contributed by atoms with Crippen LogP contribution in [0.25, 0.3) is 0 Å². The smallest absolute Gasteiger partial charge is 0.133 e. The van der Waals surface area contributed by atoms with Crippen LogP contribution in [0.2, 0.25) is 0 Å². The van der Waals surface area contributed by atoms with E-state index in [-0.39, 0.29) is 18.0 Å². The Labute approximate surface area is 95.9 Å². The number of hydrogen-bond acceptors (Lipinski definition) is 4. The molecule has 1 aromatic heterocycles. The zero-order chi connectivity index (χ0) is 11.5. The molecule has 2 rings (SSSR count). The Kier molecular flexibility index (Phi) is 3.41. The number of rotatable bonds is 2. The Morgan fingerprint density at radius 3 is 2.62 bits per heavy atom. The SMILES string of the molecule is CC1CN(Cc2ccc(O)cn2)CC(C)O1. The zero-order valence-electron chi connectivity index (χ0n) is 9.76. The Morgan fingerprint density at radius 1 is 1.38 bits per heavy atom. The van der Waals surface area contributed by atoms with Crippen LogP contribution < -0.4 is 0 Å². The molecular formula is C12H18N2O2. The molecule has 0 aliphatic carbocycles. The third-order valence-electron chi connectivity index (χ3n) is 2.69. The molecule has 1 fully saturated rings. The fourth-order valence-corrected chi connectivity index (χ4v) is 2.15. The van der Waals surface area contributed by atoms with E-state index in [1.54, 1.807) is 6.07 Å². The van der Waals surface area contributed by atoms with E-state index in [4.69, 9.17) is 9.84 Å². The van der Waals surface area contributed by atoms with Gasteiger partial charge in [-0.3, -0.25) is 9.88 Å². The average Bonchev–Trinajstić information content (AvgIpc) is 2.20. The molecule has 0 spiro atoms. The van der Waals surface area contributed by atoms with E-state index in [1.165, 1.54) is 6.20 Å². The van der Waals surface area contributed by atoms with Gasteiger partial charge in [0.1, 0.15) is 5.75 Å². The highest BCUT2D eigenvalue weighted by Crippen LogP contribution is 2.14. The van der Waals surface area contributed by atoms with Crippen molar-refractivity contribution in [2.24, 2.45) is 0 Å². The maximum absolute atomic E-state index is 9.15. The predicted octanol–water partition coefficient (Wildman–Crippen LogP) is 1.40. The van der Waals surface area contributed by atoms with Crippen LogP contribution in [0.5, 0.6) is 5.75 Å². The van der Waals surface area contributed by atoms with Gasteiger partial charge in [-0.15, -0.1) is 0 Å². The van der Waals surface area contributed by atoms with Crippen molar-refractivity contribution in [2.45, 2.75) is 32.6 Å².